The van der Waals surface area contributed by atoms with Crippen LogP contribution in [0.3, 0.4) is 0 Å². The standard InChI is InChI=1S/C32H50O5/c1-20(2)21-10-13-30(6)24(29(21,5)12-11-25(34)36-8)18-23(33)26-22-19-28(3,4)14-16-32(22,27(35)37-9)17-15-31(26,30)7/h21-22,24,26H,1,10-19H2,2-9H3/t21-,22-,24+,26-,29-,30+,31+,32-/m0/s1. The zero-order valence-electron chi connectivity index (χ0n) is 24.6. The monoisotopic (exact) mass is 514 g/mol. The van der Waals surface area contributed by atoms with Crippen LogP contribution in [0.5, 0.6) is 0 Å². The number of carbonyl (C=O) groups excluding carboxylic acids is 3. The Morgan fingerprint density at radius 2 is 1.59 bits per heavy atom. The lowest BCUT2D eigenvalue weighted by Gasteiger charge is -2.71. The van der Waals surface area contributed by atoms with Crippen molar-refractivity contribution < 1.29 is 23.9 Å². The van der Waals surface area contributed by atoms with Gasteiger partial charge in [-0.1, -0.05) is 46.8 Å². The van der Waals surface area contributed by atoms with Crippen molar-refractivity contribution >= 4 is 17.7 Å². The van der Waals surface area contributed by atoms with Crippen molar-refractivity contribution in [1.82, 2.24) is 0 Å². The second-order valence-corrected chi connectivity index (χ2v) is 14.7. The number of esters is 2. The Morgan fingerprint density at radius 3 is 2.19 bits per heavy atom. The van der Waals surface area contributed by atoms with Crippen LogP contribution in [0.2, 0.25) is 0 Å². The van der Waals surface area contributed by atoms with Gasteiger partial charge < -0.3 is 9.47 Å². The summed E-state index contributed by atoms with van der Waals surface area (Å²) in [6, 6.07) is 0. The van der Waals surface area contributed by atoms with Crippen molar-refractivity contribution in [2.75, 3.05) is 14.2 Å². The van der Waals surface area contributed by atoms with Gasteiger partial charge in [-0.3, -0.25) is 14.4 Å². The van der Waals surface area contributed by atoms with E-state index in [1.807, 2.05) is 0 Å². The van der Waals surface area contributed by atoms with Crippen LogP contribution in [0.15, 0.2) is 12.2 Å². The molecule has 0 spiro atoms. The number of hydrogen-bond acceptors (Lipinski definition) is 5. The summed E-state index contributed by atoms with van der Waals surface area (Å²) < 4.78 is 10.5. The number of fused-ring (bicyclic) bond motifs is 5. The molecule has 0 aromatic heterocycles. The largest absolute Gasteiger partial charge is 0.469 e. The minimum atomic E-state index is -0.545. The van der Waals surface area contributed by atoms with Gasteiger partial charge in [0.2, 0.25) is 0 Å². The summed E-state index contributed by atoms with van der Waals surface area (Å²) in [6.07, 6.45) is 8.01. The molecule has 0 bridgehead atoms. The van der Waals surface area contributed by atoms with Crippen molar-refractivity contribution in [3.8, 4) is 0 Å². The molecule has 0 amide bonds. The fourth-order valence-corrected chi connectivity index (χ4v) is 10.3. The Bertz CT molecular complexity index is 982. The molecule has 0 radical (unpaired) electrons. The van der Waals surface area contributed by atoms with Gasteiger partial charge in [0.25, 0.3) is 0 Å². The summed E-state index contributed by atoms with van der Waals surface area (Å²) in [5.41, 5.74) is 0.235. The molecule has 0 saturated heterocycles. The third-order valence-electron chi connectivity index (χ3n) is 12.6. The van der Waals surface area contributed by atoms with Gasteiger partial charge in [0.1, 0.15) is 5.78 Å². The van der Waals surface area contributed by atoms with E-state index in [0.29, 0.717) is 25.0 Å². The summed E-state index contributed by atoms with van der Waals surface area (Å²) in [6.45, 7) is 18.1. The average molecular weight is 515 g/mol. The number of ketones is 1. The van der Waals surface area contributed by atoms with Gasteiger partial charge >= 0.3 is 11.9 Å². The topological polar surface area (TPSA) is 69.7 Å². The number of rotatable bonds is 5. The fourth-order valence-electron chi connectivity index (χ4n) is 10.3. The predicted molar refractivity (Wildman–Crippen MR) is 145 cm³/mol. The molecule has 37 heavy (non-hydrogen) atoms. The zero-order valence-corrected chi connectivity index (χ0v) is 24.6. The number of ether oxygens (including phenoxy) is 2. The highest BCUT2D eigenvalue weighted by Gasteiger charge is 2.71. The molecular formula is C32H50O5. The normalized spacial score (nSPS) is 44.6. The third-order valence-corrected chi connectivity index (χ3v) is 12.6. The van der Waals surface area contributed by atoms with E-state index in [-0.39, 0.29) is 57.3 Å². The molecule has 0 heterocycles. The van der Waals surface area contributed by atoms with Gasteiger partial charge in [0, 0.05) is 18.8 Å². The Morgan fingerprint density at radius 1 is 0.946 bits per heavy atom. The second kappa shape index (κ2) is 9.23. The molecule has 4 rings (SSSR count). The molecule has 4 saturated carbocycles. The molecule has 5 heteroatoms. The summed E-state index contributed by atoms with van der Waals surface area (Å²) in [5, 5.41) is 0. The first-order valence-electron chi connectivity index (χ1n) is 14.5. The van der Waals surface area contributed by atoms with Crippen LogP contribution in [-0.4, -0.2) is 31.9 Å². The van der Waals surface area contributed by atoms with Crippen LogP contribution in [0.4, 0.5) is 0 Å². The number of carbonyl (C=O) groups is 3. The van der Waals surface area contributed by atoms with Gasteiger partial charge in [-0.05, 0) is 97.7 Å². The molecule has 8 atom stereocenters. The van der Waals surface area contributed by atoms with Crippen LogP contribution in [-0.2, 0) is 23.9 Å². The summed E-state index contributed by atoms with van der Waals surface area (Å²) in [5.74, 6) is 0.354. The maximum Gasteiger partial charge on any atom is 0.312 e. The van der Waals surface area contributed by atoms with Crippen LogP contribution >= 0.6 is 0 Å². The molecule has 0 aliphatic heterocycles. The Hall–Kier alpha value is -1.65. The third kappa shape index (κ3) is 4.04. The highest BCUT2D eigenvalue weighted by molar-refractivity contribution is 5.86. The van der Waals surface area contributed by atoms with Crippen molar-refractivity contribution in [2.45, 2.75) is 106 Å². The molecule has 4 aliphatic carbocycles. The zero-order chi connectivity index (χ0) is 27.6. The first kappa shape index (κ1) is 28.4. The molecule has 208 valence electrons. The Balaban J connectivity index is 1.80. The Kier molecular flexibility index (Phi) is 7.07. The average Bonchev–Trinajstić information content (AvgIpc) is 2.83. The van der Waals surface area contributed by atoms with Crippen molar-refractivity contribution in [2.24, 2.45) is 50.7 Å². The maximum atomic E-state index is 14.4. The molecular weight excluding hydrogens is 464 g/mol. The van der Waals surface area contributed by atoms with Crippen LogP contribution in [0.1, 0.15) is 106 Å². The van der Waals surface area contributed by atoms with E-state index >= 15 is 0 Å². The number of hydrogen-bond donors (Lipinski definition) is 0. The Labute approximate surface area is 224 Å². The van der Waals surface area contributed by atoms with Gasteiger partial charge in [0.05, 0.1) is 19.6 Å². The van der Waals surface area contributed by atoms with Crippen LogP contribution < -0.4 is 0 Å². The predicted octanol–water partition coefficient (Wildman–Crippen LogP) is 6.93. The van der Waals surface area contributed by atoms with E-state index in [9.17, 15) is 14.4 Å². The highest BCUT2D eigenvalue weighted by atomic mass is 16.5. The molecule has 5 nitrogen and oxygen atoms in total. The van der Waals surface area contributed by atoms with E-state index < -0.39 is 5.41 Å². The second-order valence-electron chi connectivity index (χ2n) is 14.7. The lowest BCUT2D eigenvalue weighted by Crippen LogP contribution is -2.68. The fraction of sp³-hybridized carbons (Fsp3) is 0.844. The molecule has 0 unspecified atom stereocenters. The van der Waals surface area contributed by atoms with Gasteiger partial charge in [-0.25, -0.2) is 0 Å². The molecule has 0 aromatic rings. The highest BCUT2D eigenvalue weighted by Crippen LogP contribution is 2.75. The minimum absolute atomic E-state index is 0.0212. The maximum absolute atomic E-state index is 14.4. The van der Waals surface area contributed by atoms with Gasteiger partial charge in [-0.15, -0.1) is 0 Å². The number of Topliss-reactive ketones (excluding diaryl/α,β-unsaturated/α-hetero) is 1. The van der Waals surface area contributed by atoms with Crippen molar-refractivity contribution in [3.05, 3.63) is 12.2 Å². The molecule has 4 aliphatic rings. The first-order chi connectivity index (χ1) is 17.1. The molecule has 0 N–H and O–H groups in total. The SMILES string of the molecule is C=C(C)[C@@H]1CC[C@]2(C)[C@H](CC(=O)[C@@H]3[C@@H]4CC(C)(C)CC[C@]4(C(=O)OC)CC[C@]32C)[C@@]1(C)CCC(=O)OC. The van der Waals surface area contributed by atoms with E-state index in [2.05, 4.69) is 48.1 Å². The molecule has 0 aromatic carbocycles. The van der Waals surface area contributed by atoms with Gasteiger partial charge in [-0.2, -0.15) is 0 Å². The lowest BCUT2D eigenvalue weighted by molar-refractivity contribution is -0.225. The lowest BCUT2D eigenvalue weighted by atomic mass is 9.32. The van der Waals surface area contributed by atoms with E-state index in [1.165, 1.54) is 14.2 Å². The summed E-state index contributed by atoms with van der Waals surface area (Å²) in [7, 11) is 2.95. The summed E-state index contributed by atoms with van der Waals surface area (Å²) >= 11 is 0. The minimum Gasteiger partial charge on any atom is -0.469 e. The van der Waals surface area contributed by atoms with Crippen LogP contribution in [0, 0.1) is 50.7 Å². The smallest absolute Gasteiger partial charge is 0.312 e. The number of allylic oxidation sites excluding steroid dienone is 1. The van der Waals surface area contributed by atoms with E-state index in [4.69, 9.17) is 9.47 Å². The number of methoxy groups -OCH3 is 2. The quantitative estimate of drug-likeness (QED) is 0.294. The van der Waals surface area contributed by atoms with Crippen molar-refractivity contribution in [3.63, 3.8) is 0 Å². The van der Waals surface area contributed by atoms with Gasteiger partial charge in [0.15, 0.2) is 0 Å². The first-order valence-corrected chi connectivity index (χ1v) is 14.5. The van der Waals surface area contributed by atoms with E-state index in [0.717, 1.165) is 50.5 Å². The van der Waals surface area contributed by atoms with Crippen molar-refractivity contribution in [1.29, 1.82) is 0 Å². The molecule has 4 fully saturated rings. The van der Waals surface area contributed by atoms with E-state index in [1.54, 1.807) is 0 Å². The summed E-state index contributed by atoms with van der Waals surface area (Å²) in [4.78, 5) is 40.1. The van der Waals surface area contributed by atoms with Crippen LogP contribution in [0.25, 0.3) is 0 Å².